The van der Waals surface area contributed by atoms with E-state index >= 15 is 0 Å². The normalized spacial score (nSPS) is 17.7. The van der Waals surface area contributed by atoms with Gasteiger partial charge in [-0.15, -0.1) is 0 Å². The van der Waals surface area contributed by atoms with Crippen molar-refractivity contribution in [1.29, 1.82) is 0 Å². The maximum Gasteiger partial charge on any atom is 0.234 e. The van der Waals surface area contributed by atoms with Crippen molar-refractivity contribution >= 4 is 34.1 Å². The Bertz CT molecular complexity index is 882. The molecule has 1 spiro atoms. The van der Waals surface area contributed by atoms with Crippen LogP contribution in [0.15, 0.2) is 64.6 Å². The number of aryl methyl sites for hydroxylation is 1. The highest BCUT2D eigenvalue weighted by atomic mass is 32.2. The first-order valence-corrected chi connectivity index (χ1v) is 10.4. The molecule has 0 atom stereocenters. The number of nitrogens with zero attached hydrogens (tertiary/aromatic N) is 2. The summed E-state index contributed by atoms with van der Waals surface area (Å²) in [6.45, 7) is 2.03. The molecule has 1 N–H and O–H groups in total. The summed E-state index contributed by atoms with van der Waals surface area (Å²) in [5.41, 5.74) is 3.72. The average Bonchev–Trinajstić information content (AvgIpc) is 3.30. The molecular formula is C22H23N3OS. The van der Waals surface area contributed by atoms with Gasteiger partial charge in [0.2, 0.25) is 5.91 Å². The molecule has 0 bridgehead atoms. The monoisotopic (exact) mass is 377 g/mol. The van der Waals surface area contributed by atoms with Crippen LogP contribution in [-0.4, -0.2) is 28.1 Å². The van der Waals surface area contributed by atoms with E-state index in [2.05, 4.69) is 17.4 Å². The predicted octanol–water partition coefficient (Wildman–Crippen LogP) is 4.84. The van der Waals surface area contributed by atoms with Crippen molar-refractivity contribution < 1.29 is 4.79 Å². The number of carbonyl (C=O) groups is 1. The van der Waals surface area contributed by atoms with Gasteiger partial charge >= 0.3 is 0 Å². The first-order chi connectivity index (χ1) is 13.1. The first-order valence-electron chi connectivity index (χ1n) is 9.38. The zero-order valence-corrected chi connectivity index (χ0v) is 16.3. The molecule has 2 aromatic carbocycles. The van der Waals surface area contributed by atoms with Crippen LogP contribution in [0.2, 0.25) is 0 Å². The van der Waals surface area contributed by atoms with Gasteiger partial charge in [0.15, 0.2) is 5.66 Å². The highest BCUT2D eigenvalue weighted by molar-refractivity contribution is 8.16. The molecule has 4 nitrogen and oxygen atoms in total. The number of carbonyl (C=O) groups excluding carboxylic acids is 1. The second-order valence-electron chi connectivity index (χ2n) is 7.14. The van der Waals surface area contributed by atoms with Crippen LogP contribution in [0.1, 0.15) is 36.8 Å². The average molecular weight is 378 g/mol. The third-order valence-corrected chi connectivity index (χ3v) is 5.92. The van der Waals surface area contributed by atoms with Gasteiger partial charge in [0.25, 0.3) is 0 Å². The maximum absolute atomic E-state index is 12.4. The Balaban J connectivity index is 1.47. The van der Waals surface area contributed by atoms with E-state index in [1.165, 1.54) is 30.2 Å². The fourth-order valence-electron chi connectivity index (χ4n) is 3.54. The highest BCUT2D eigenvalue weighted by Crippen LogP contribution is 2.40. The molecule has 2 aliphatic rings. The van der Waals surface area contributed by atoms with Crippen LogP contribution in [0.4, 0.5) is 5.69 Å². The number of aliphatic imine (C=N–C) groups is 2. The number of nitrogens with one attached hydrogen (secondary N) is 1. The van der Waals surface area contributed by atoms with E-state index in [9.17, 15) is 4.79 Å². The summed E-state index contributed by atoms with van der Waals surface area (Å²) >= 11 is 1.49. The molecule has 2 aromatic rings. The predicted molar refractivity (Wildman–Crippen MR) is 114 cm³/mol. The molecule has 1 aliphatic heterocycles. The fourth-order valence-corrected chi connectivity index (χ4v) is 4.41. The molecule has 1 saturated carbocycles. The van der Waals surface area contributed by atoms with Gasteiger partial charge in [0.1, 0.15) is 5.04 Å². The lowest BCUT2D eigenvalue weighted by molar-refractivity contribution is -0.113. The van der Waals surface area contributed by atoms with Crippen LogP contribution in [0.3, 0.4) is 0 Å². The SMILES string of the molecule is Cc1ccc(NC(=O)CSC2=NC3(CCCC3)N=C2c2ccccc2)cc1. The van der Waals surface area contributed by atoms with Gasteiger partial charge < -0.3 is 5.32 Å². The van der Waals surface area contributed by atoms with E-state index < -0.39 is 0 Å². The number of thioether (sulfide) groups is 1. The smallest absolute Gasteiger partial charge is 0.234 e. The van der Waals surface area contributed by atoms with Crippen LogP contribution < -0.4 is 5.32 Å². The van der Waals surface area contributed by atoms with E-state index in [4.69, 9.17) is 9.98 Å². The summed E-state index contributed by atoms with van der Waals surface area (Å²) in [6.07, 6.45) is 4.34. The van der Waals surface area contributed by atoms with Crippen LogP contribution in [-0.2, 0) is 4.79 Å². The van der Waals surface area contributed by atoms with Crippen LogP contribution >= 0.6 is 11.8 Å². The van der Waals surface area contributed by atoms with Gasteiger partial charge in [0, 0.05) is 11.3 Å². The zero-order valence-electron chi connectivity index (χ0n) is 15.4. The number of hydrogen-bond donors (Lipinski definition) is 1. The van der Waals surface area contributed by atoms with Gasteiger partial charge in [-0.2, -0.15) is 0 Å². The Labute approximate surface area is 164 Å². The van der Waals surface area contributed by atoms with Gasteiger partial charge in [0.05, 0.1) is 11.5 Å². The summed E-state index contributed by atoms with van der Waals surface area (Å²) in [7, 11) is 0. The topological polar surface area (TPSA) is 53.8 Å². The molecule has 1 aliphatic carbocycles. The second-order valence-corrected chi connectivity index (χ2v) is 8.10. The molecule has 1 fully saturated rings. The fraction of sp³-hybridized carbons (Fsp3) is 0.318. The molecule has 1 heterocycles. The van der Waals surface area contributed by atoms with E-state index in [1.807, 2.05) is 49.4 Å². The summed E-state index contributed by atoms with van der Waals surface area (Å²) in [5, 5.41) is 3.84. The molecule has 138 valence electrons. The Morgan fingerprint density at radius 2 is 1.74 bits per heavy atom. The molecule has 5 heteroatoms. The van der Waals surface area contributed by atoms with Crippen molar-refractivity contribution in [2.75, 3.05) is 11.1 Å². The zero-order chi connectivity index (χ0) is 18.7. The van der Waals surface area contributed by atoms with Crippen molar-refractivity contribution in [3.05, 3.63) is 65.7 Å². The molecule has 1 amide bonds. The van der Waals surface area contributed by atoms with Crippen molar-refractivity contribution in [1.82, 2.24) is 0 Å². The lowest BCUT2D eigenvalue weighted by atomic mass is 10.1. The first kappa shape index (κ1) is 18.0. The third kappa shape index (κ3) is 4.14. The minimum atomic E-state index is -0.291. The lowest BCUT2D eigenvalue weighted by Crippen LogP contribution is -2.17. The summed E-state index contributed by atoms with van der Waals surface area (Å²) < 4.78 is 0. The molecule has 0 radical (unpaired) electrons. The summed E-state index contributed by atoms with van der Waals surface area (Å²) in [4.78, 5) is 22.3. The Kier molecular flexibility index (Phi) is 5.12. The number of anilines is 1. The highest BCUT2D eigenvalue weighted by Gasteiger charge is 2.39. The maximum atomic E-state index is 12.4. The number of benzene rings is 2. The largest absolute Gasteiger partial charge is 0.325 e. The standard InChI is InChI=1S/C22H23N3OS/c1-16-9-11-18(12-10-16)23-19(26)15-27-21-20(17-7-3-2-4-8-17)24-22(25-21)13-5-6-14-22/h2-4,7-12H,5-6,13-15H2,1H3,(H,23,26). The van der Waals surface area contributed by atoms with Crippen molar-refractivity contribution in [2.45, 2.75) is 38.3 Å². The molecule has 0 unspecified atom stereocenters. The van der Waals surface area contributed by atoms with E-state index in [-0.39, 0.29) is 11.6 Å². The molecule has 0 aromatic heterocycles. The summed E-state index contributed by atoms with van der Waals surface area (Å²) in [6, 6.07) is 18.0. The molecule has 4 rings (SSSR count). The van der Waals surface area contributed by atoms with E-state index in [0.717, 1.165) is 34.8 Å². The van der Waals surface area contributed by atoms with Crippen LogP contribution in [0.25, 0.3) is 0 Å². The van der Waals surface area contributed by atoms with Crippen molar-refractivity contribution in [2.24, 2.45) is 9.98 Å². The van der Waals surface area contributed by atoms with Gasteiger partial charge in [-0.1, -0.05) is 59.8 Å². The lowest BCUT2D eigenvalue weighted by Gasteiger charge is -2.14. The van der Waals surface area contributed by atoms with Crippen LogP contribution in [0.5, 0.6) is 0 Å². The molecule has 0 saturated heterocycles. The summed E-state index contributed by atoms with van der Waals surface area (Å²) in [5.74, 6) is 0.306. The Hall–Kier alpha value is -2.40. The second kappa shape index (κ2) is 7.69. The number of hydrogen-bond acceptors (Lipinski definition) is 4. The quantitative estimate of drug-likeness (QED) is 0.829. The van der Waals surface area contributed by atoms with E-state index in [0.29, 0.717) is 5.75 Å². The third-order valence-electron chi connectivity index (χ3n) is 4.96. The van der Waals surface area contributed by atoms with Gasteiger partial charge in [-0.05, 0) is 44.7 Å². The number of amides is 1. The molecule has 27 heavy (non-hydrogen) atoms. The van der Waals surface area contributed by atoms with Crippen molar-refractivity contribution in [3.8, 4) is 0 Å². The minimum absolute atomic E-state index is 0.0219. The van der Waals surface area contributed by atoms with Gasteiger partial charge in [-0.25, -0.2) is 4.99 Å². The van der Waals surface area contributed by atoms with Gasteiger partial charge in [-0.3, -0.25) is 9.79 Å². The Morgan fingerprint density at radius 3 is 2.44 bits per heavy atom. The molecular weight excluding hydrogens is 354 g/mol. The minimum Gasteiger partial charge on any atom is -0.325 e. The number of rotatable bonds is 4. The van der Waals surface area contributed by atoms with Crippen LogP contribution in [0, 0.1) is 6.92 Å². The van der Waals surface area contributed by atoms with E-state index in [1.54, 1.807) is 0 Å². The Morgan fingerprint density at radius 1 is 1.04 bits per heavy atom. The van der Waals surface area contributed by atoms with Crippen molar-refractivity contribution in [3.63, 3.8) is 0 Å².